The van der Waals surface area contributed by atoms with Crippen molar-refractivity contribution < 1.29 is 27.2 Å². The fourth-order valence-electron chi connectivity index (χ4n) is 2.77. The van der Waals surface area contributed by atoms with E-state index < -0.39 is 15.9 Å². The molecule has 1 N–H and O–H groups in total. The van der Waals surface area contributed by atoms with Crippen molar-refractivity contribution in [1.82, 2.24) is 14.9 Å². The van der Waals surface area contributed by atoms with Crippen molar-refractivity contribution in [2.45, 2.75) is 32.3 Å². The number of hydrogen-bond donors (Lipinski definition) is 1. The minimum Gasteiger partial charge on any atom is -0.490 e. The zero-order chi connectivity index (χ0) is 21.7. The van der Waals surface area contributed by atoms with E-state index >= 15 is 0 Å². The van der Waals surface area contributed by atoms with E-state index in [-0.39, 0.29) is 28.5 Å². The van der Waals surface area contributed by atoms with Gasteiger partial charge in [-0.15, -0.1) is 0 Å². The monoisotopic (exact) mass is 431 g/mol. The Balaban J connectivity index is 1.80. The van der Waals surface area contributed by atoms with Gasteiger partial charge in [-0.1, -0.05) is 5.16 Å². The number of benzene rings is 1. The summed E-state index contributed by atoms with van der Waals surface area (Å²) in [6, 6.07) is 8.10. The maximum absolute atomic E-state index is 12.6. The van der Waals surface area contributed by atoms with Crippen molar-refractivity contribution in [3.8, 4) is 11.5 Å². The van der Waals surface area contributed by atoms with Gasteiger partial charge in [0.25, 0.3) is 15.9 Å². The van der Waals surface area contributed by atoms with E-state index in [9.17, 15) is 13.2 Å². The number of aryl methyl sites for hydroxylation is 2. The molecule has 9 nitrogen and oxygen atoms in total. The zero-order valence-electron chi connectivity index (χ0n) is 16.7. The van der Waals surface area contributed by atoms with Crippen molar-refractivity contribution in [3.05, 3.63) is 65.3 Å². The SMILES string of the molecule is CCOc1cc(C(=O)NS(=O)(=O)c2c(C)noc2C)ccc1OCc1ccncc1. The maximum atomic E-state index is 12.6. The lowest BCUT2D eigenvalue weighted by atomic mass is 10.2. The Kier molecular flexibility index (Phi) is 6.36. The quantitative estimate of drug-likeness (QED) is 0.578. The van der Waals surface area contributed by atoms with Crippen LogP contribution in [-0.4, -0.2) is 31.1 Å². The van der Waals surface area contributed by atoms with E-state index in [1.54, 1.807) is 25.4 Å². The fourth-order valence-corrected chi connectivity index (χ4v) is 4.07. The second kappa shape index (κ2) is 8.95. The number of carbonyl (C=O) groups excluding carboxylic acids is 1. The molecule has 0 aliphatic carbocycles. The van der Waals surface area contributed by atoms with Gasteiger partial charge in [-0.3, -0.25) is 9.78 Å². The summed E-state index contributed by atoms with van der Waals surface area (Å²) < 4.78 is 43.4. The zero-order valence-corrected chi connectivity index (χ0v) is 17.5. The van der Waals surface area contributed by atoms with Crippen LogP contribution in [0.2, 0.25) is 0 Å². The Labute approximate surface area is 174 Å². The molecule has 0 saturated carbocycles. The first-order valence-corrected chi connectivity index (χ1v) is 10.6. The topological polar surface area (TPSA) is 121 Å². The lowest BCUT2D eigenvalue weighted by molar-refractivity contribution is 0.0981. The van der Waals surface area contributed by atoms with Crippen LogP contribution in [0.15, 0.2) is 52.1 Å². The Bertz CT molecular complexity index is 1120. The van der Waals surface area contributed by atoms with Gasteiger partial charge in [0.1, 0.15) is 12.3 Å². The highest BCUT2D eigenvalue weighted by atomic mass is 32.2. The largest absolute Gasteiger partial charge is 0.490 e. The maximum Gasteiger partial charge on any atom is 0.269 e. The summed E-state index contributed by atoms with van der Waals surface area (Å²) in [4.78, 5) is 16.4. The summed E-state index contributed by atoms with van der Waals surface area (Å²) in [5.41, 5.74) is 1.19. The van der Waals surface area contributed by atoms with Crippen LogP contribution in [0.25, 0.3) is 0 Å². The molecule has 158 valence electrons. The molecule has 0 aliphatic rings. The van der Waals surface area contributed by atoms with Gasteiger partial charge in [-0.2, -0.15) is 0 Å². The van der Waals surface area contributed by atoms with Gasteiger partial charge in [0.15, 0.2) is 22.2 Å². The smallest absolute Gasteiger partial charge is 0.269 e. The minimum atomic E-state index is -4.14. The highest BCUT2D eigenvalue weighted by molar-refractivity contribution is 7.90. The summed E-state index contributed by atoms with van der Waals surface area (Å²) in [6.45, 7) is 5.36. The molecule has 10 heteroatoms. The summed E-state index contributed by atoms with van der Waals surface area (Å²) in [5, 5.41) is 3.61. The molecule has 0 atom stereocenters. The number of ether oxygens (including phenoxy) is 2. The third-order valence-corrected chi connectivity index (χ3v) is 5.69. The number of rotatable bonds is 8. The van der Waals surface area contributed by atoms with Gasteiger partial charge in [0.05, 0.1) is 6.61 Å². The first-order valence-electron chi connectivity index (χ1n) is 9.10. The second-order valence-corrected chi connectivity index (χ2v) is 7.95. The van der Waals surface area contributed by atoms with Gasteiger partial charge in [0, 0.05) is 18.0 Å². The highest BCUT2D eigenvalue weighted by Gasteiger charge is 2.27. The molecule has 0 radical (unpaired) electrons. The third kappa shape index (κ3) is 4.77. The van der Waals surface area contributed by atoms with Gasteiger partial charge < -0.3 is 14.0 Å². The molecule has 0 unspecified atom stereocenters. The van der Waals surface area contributed by atoms with E-state index in [1.165, 1.54) is 26.0 Å². The van der Waals surface area contributed by atoms with Crippen LogP contribution < -0.4 is 14.2 Å². The number of aromatic nitrogens is 2. The minimum absolute atomic E-state index is 0.0997. The molecule has 0 fully saturated rings. The Morgan fingerprint density at radius 1 is 1.10 bits per heavy atom. The van der Waals surface area contributed by atoms with Crippen molar-refractivity contribution in [2.75, 3.05) is 6.61 Å². The number of carbonyl (C=O) groups is 1. The molecule has 0 bridgehead atoms. The Morgan fingerprint density at radius 2 is 1.83 bits per heavy atom. The normalized spacial score (nSPS) is 11.2. The molecule has 0 spiro atoms. The molecular weight excluding hydrogens is 410 g/mol. The van der Waals surface area contributed by atoms with Gasteiger partial charge in [-0.25, -0.2) is 13.1 Å². The van der Waals surface area contributed by atoms with E-state index in [4.69, 9.17) is 14.0 Å². The van der Waals surface area contributed by atoms with E-state index in [0.29, 0.717) is 18.1 Å². The predicted molar refractivity (Wildman–Crippen MR) is 107 cm³/mol. The molecule has 1 amide bonds. The lowest BCUT2D eigenvalue weighted by Crippen LogP contribution is -2.31. The van der Waals surface area contributed by atoms with E-state index in [0.717, 1.165) is 5.56 Å². The van der Waals surface area contributed by atoms with Gasteiger partial charge in [0.2, 0.25) is 0 Å². The number of amides is 1. The Hall–Kier alpha value is -3.40. The number of pyridine rings is 1. The molecule has 0 saturated heterocycles. The Morgan fingerprint density at radius 3 is 2.47 bits per heavy atom. The number of nitrogens with zero attached hydrogens (tertiary/aromatic N) is 2. The molecular formula is C20H21N3O6S. The number of nitrogens with one attached hydrogen (secondary N) is 1. The first-order chi connectivity index (χ1) is 14.3. The molecule has 0 aliphatic heterocycles. The van der Waals surface area contributed by atoms with Crippen LogP contribution in [0.3, 0.4) is 0 Å². The third-order valence-electron chi connectivity index (χ3n) is 4.11. The number of hydrogen-bond acceptors (Lipinski definition) is 8. The van der Waals surface area contributed by atoms with Crippen molar-refractivity contribution in [2.24, 2.45) is 0 Å². The van der Waals surface area contributed by atoms with Gasteiger partial charge in [-0.05, 0) is 56.7 Å². The average Bonchev–Trinajstić information content (AvgIpc) is 3.06. The van der Waals surface area contributed by atoms with Crippen molar-refractivity contribution in [1.29, 1.82) is 0 Å². The lowest BCUT2D eigenvalue weighted by Gasteiger charge is -2.13. The predicted octanol–water partition coefficient (Wildman–Crippen LogP) is 2.78. The first kappa shape index (κ1) is 21.3. The molecule has 3 rings (SSSR count). The summed E-state index contributed by atoms with van der Waals surface area (Å²) in [7, 11) is -4.14. The van der Waals surface area contributed by atoms with E-state index in [2.05, 4.69) is 10.1 Å². The molecule has 1 aromatic carbocycles. The highest BCUT2D eigenvalue weighted by Crippen LogP contribution is 2.29. The molecule has 30 heavy (non-hydrogen) atoms. The van der Waals surface area contributed by atoms with Crippen molar-refractivity contribution >= 4 is 15.9 Å². The molecule has 3 aromatic rings. The summed E-state index contributed by atoms with van der Waals surface area (Å²) >= 11 is 0. The van der Waals surface area contributed by atoms with Crippen LogP contribution in [0.4, 0.5) is 0 Å². The fraction of sp³-hybridized carbons (Fsp3) is 0.250. The van der Waals surface area contributed by atoms with Crippen LogP contribution in [0.1, 0.15) is 34.3 Å². The summed E-state index contributed by atoms with van der Waals surface area (Å²) in [5.74, 6) is 0.0482. The van der Waals surface area contributed by atoms with Crippen LogP contribution in [-0.2, 0) is 16.6 Å². The molecule has 2 heterocycles. The average molecular weight is 431 g/mol. The standard InChI is InChI=1S/C20H21N3O6S/c1-4-27-18-11-16(5-6-17(18)28-12-15-7-9-21-10-8-15)20(24)23-30(25,26)19-13(2)22-29-14(19)3/h5-11H,4,12H2,1-3H3,(H,23,24). The van der Waals surface area contributed by atoms with Crippen LogP contribution >= 0.6 is 0 Å². The van der Waals surface area contributed by atoms with E-state index in [1.807, 2.05) is 16.9 Å². The van der Waals surface area contributed by atoms with Crippen LogP contribution in [0.5, 0.6) is 11.5 Å². The van der Waals surface area contributed by atoms with Crippen molar-refractivity contribution in [3.63, 3.8) is 0 Å². The van der Waals surface area contributed by atoms with Gasteiger partial charge >= 0.3 is 0 Å². The second-order valence-electron chi connectivity index (χ2n) is 6.33. The van der Waals surface area contributed by atoms with Crippen LogP contribution in [0, 0.1) is 13.8 Å². The summed E-state index contributed by atoms with van der Waals surface area (Å²) in [6.07, 6.45) is 3.32. The molecule has 2 aromatic heterocycles. The number of sulfonamides is 1.